The summed E-state index contributed by atoms with van der Waals surface area (Å²) in [6.07, 6.45) is -8.36. The molecule has 0 aliphatic heterocycles. The normalized spacial score (nSPS) is 11.7. The molecule has 0 unspecified atom stereocenters. The first-order chi connectivity index (χ1) is 8.11. The smallest absolute Gasteiger partial charge is 0.477 e. The van der Waals surface area contributed by atoms with E-state index in [0.717, 1.165) is 0 Å². The average molecular weight is 383 g/mol. The Kier molecular flexibility index (Phi) is 4.29. The third-order valence-electron chi connectivity index (χ3n) is 1.62. The van der Waals surface area contributed by atoms with Crippen LogP contribution in [0.5, 0.6) is 5.88 Å². The highest BCUT2D eigenvalue weighted by atomic mass is 127. The van der Waals surface area contributed by atoms with E-state index in [9.17, 15) is 26.7 Å². The van der Waals surface area contributed by atoms with Gasteiger partial charge in [0.25, 0.3) is 6.43 Å². The van der Waals surface area contributed by atoms with Gasteiger partial charge >= 0.3 is 12.3 Å². The molecular formula is C8H3F5INO3. The maximum Gasteiger partial charge on any atom is 0.574 e. The lowest BCUT2D eigenvalue weighted by atomic mass is 10.2. The largest absolute Gasteiger partial charge is 0.574 e. The van der Waals surface area contributed by atoms with Crippen LogP contribution in [0.15, 0.2) is 6.07 Å². The molecule has 0 aliphatic carbocycles. The van der Waals surface area contributed by atoms with Gasteiger partial charge in [-0.15, -0.1) is 13.2 Å². The molecule has 4 nitrogen and oxygen atoms in total. The van der Waals surface area contributed by atoms with E-state index in [1.807, 2.05) is 0 Å². The first-order valence-electron chi connectivity index (χ1n) is 4.09. The molecule has 0 saturated carbocycles. The quantitative estimate of drug-likeness (QED) is 0.644. The van der Waals surface area contributed by atoms with E-state index >= 15 is 0 Å². The summed E-state index contributed by atoms with van der Waals surface area (Å²) in [7, 11) is 0. The van der Waals surface area contributed by atoms with Crippen molar-refractivity contribution in [2.24, 2.45) is 0 Å². The summed E-state index contributed by atoms with van der Waals surface area (Å²) in [5.74, 6) is -3.17. The van der Waals surface area contributed by atoms with Crippen LogP contribution in [-0.4, -0.2) is 22.4 Å². The summed E-state index contributed by atoms with van der Waals surface area (Å²) in [4.78, 5) is 13.6. The monoisotopic (exact) mass is 383 g/mol. The molecule has 18 heavy (non-hydrogen) atoms. The number of pyridine rings is 1. The molecule has 1 N–H and O–H groups in total. The fourth-order valence-corrected chi connectivity index (χ4v) is 1.65. The zero-order valence-corrected chi connectivity index (χ0v) is 10.3. The molecule has 10 heteroatoms. The minimum Gasteiger partial charge on any atom is -0.477 e. The molecule has 0 aromatic carbocycles. The van der Waals surface area contributed by atoms with Crippen molar-refractivity contribution in [3.63, 3.8) is 0 Å². The van der Waals surface area contributed by atoms with Crippen LogP contribution in [0.25, 0.3) is 0 Å². The number of aromatic carboxylic acids is 1. The first kappa shape index (κ1) is 14.9. The van der Waals surface area contributed by atoms with Gasteiger partial charge in [0.15, 0.2) is 0 Å². The van der Waals surface area contributed by atoms with E-state index in [1.54, 1.807) is 0 Å². The van der Waals surface area contributed by atoms with Crippen molar-refractivity contribution in [2.45, 2.75) is 12.8 Å². The second kappa shape index (κ2) is 5.20. The molecular weight excluding hydrogens is 380 g/mol. The Morgan fingerprint density at radius 2 is 2.00 bits per heavy atom. The van der Waals surface area contributed by atoms with Crippen LogP contribution >= 0.6 is 22.6 Å². The van der Waals surface area contributed by atoms with Crippen LogP contribution in [0, 0.1) is 3.57 Å². The van der Waals surface area contributed by atoms with E-state index in [0.29, 0.717) is 6.07 Å². The molecule has 1 heterocycles. The molecule has 0 saturated heterocycles. The van der Waals surface area contributed by atoms with E-state index < -0.39 is 35.9 Å². The standard InChI is InChI=1S/C8H3F5INO3/c9-5(10)4-3(14)1-2(7(16)17)6(15-4)18-8(11,12)13/h1,5H,(H,16,17). The highest BCUT2D eigenvalue weighted by molar-refractivity contribution is 14.1. The number of ether oxygens (including phenoxy) is 1. The Morgan fingerprint density at radius 1 is 1.44 bits per heavy atom. The van der Waals surface area contributed by atoms with Crippen LogP contribution in [-0.2, 0) is 0 Å². The van der Waals surface area contributed by atoms with Crippen LogP contribution < -0.4 is 4.74 Å². The van der Waals surface area contributed by atoms with Crippen LogP contribution in [0.3, 0.4) is 0 Å². The molecule has 0 amide bonds. The number of nitrogens with zero attached hydrogens (tertiary/aromatic N) is 1. The minimum atomic E-state index is -5.22. The predicted molar refractivity (Wildman–Crippen MR) is 55.6 cm³/mol. The number of hydrogen-bond acceptors (Lipinski definition) is 3. The Hall–Kier alpha value is -1.20. The van der Waals surface area contributed by atoms with Gasteiger partial charge in [0.05, 0.1) is 0 Å². The van der Waals surface area contributed by atoms with E-state index in [4.69, 9.17) is 5.11 Å². The zero-order chi connectivity index (χ0) is 14.1. The van der Waals surface area contributed by atoms with Gasteiger partial charge in [-0.25, -0.2) is 18.6 Å². The summed E-state index contributed by atoms with van der Waals surface area (Å²) in [5, 5.41) is 8.64. The summed E-state index contributed by atoms with van der Waals surface area (Å²) >= 11 is 1.35. The second-order valence-corrected chi connectivity index (χ2v) is 4.02. The molecule has 0 spiro atoms. The van der Waals surface area contributed by atoms with Gasteiger partial charge in [-0.2, -0.15) is 0 Å². The van der Waals surface area contributed by atoms with Crippen molar-refractivity contribution >= 4 is 28.6 Å². The maximum absolute atomic E-state index is 12.4. The van der Waals surface area contributed by atoms with E-state index in [2.05, 4.69) is 9.72 Å². The summed E-state index contributed by atoms with van der Waals surface area (Å²) in [5.41, 5.74) is -1.92. The van der Waals surface area contributed by atoms with Gasteiger partial charge in [0.1, 0.15) is 11.3 Å². The van der Waals surface area contributed by atoms with Gasteiger partial charge in [0, 0.05) is 3.57 Å². The Labute approximate surface area is 110 Å². The Bertz CT molecular complexity index is 477. The number of carboxylic acids is 1. The Morgan fingerprint density at radius 3 is 2.39 bits per heavy atom. The molecule has 0 aliphatic rings. The Balaban J connectivity index is 3.35. The molecule has 1 rings (SSSR count). The van der Waals surface area contributed by atoms with Crippen LogP contribution in [0.1, 0.15) is 22.5 Å². The highest BCUT2D eigenvalue weighted by Crippen LogP contribution is 2.30. The summed E-state index contributed by atoms with van der Waals surface area (Å²) in [6.45, 7) is 0. The SMILES string of the molecule is O=C(O)c1cc(I)c(C(F)F)nc1OC(F)(F)F. The topological polar surface area (TPSA) is 59.4 Å². The number of carboxylic acid groups (broad SMARTS) is 1. The summed E-state index contributed by atoms with van der Waals surface area (Å²) < 4.78 is 63.8. The number of aromatic nitrogens is 1. The minimum absolute atomic E-state index is 0.269. The van der Waals surface area contributed by atoms with Gasteiger partial charge < -0.3 is 9.84 Å². The third-order valence-corrected chi connectivity index (χ3v) is 2.48. The second-order valence-electron chi connectivity index (χ2n) is 2.86. The highest BCUT2D eigenvalue weighted by Gasteiger charge is 2.35. The van der Waals surface area contributed by atoms with Crippen molar-refractivity contribution in [2.75, 3.05) is 0 Å². The number of rotatable bonds is 3. The molecule has 1 aromatic rings. The van der Waals surface area contributed by atoms with Crippen molar-refractivity contribution < 1.29 is 36.6 Å². The predicted octanol–water partition coefficient (Wildman–Crippen LogP) is 3.22. The van der Waals surface area contributed by atoms with Crippen LogP contribution in [0.2, 0.25) is 0 Å². The van der Waals surface area contributed by atoms with E-state index in [1.165, 1.54) is 22.6 Å². The van der Waals surface area contributed by atoms with Crippen LogP contribution in [0.4, 0.5) is 22.0 Å². The summed E-state index contributed by atoms with van der Waals surface area (Å²) in [6, 6.07) is 0.637. The lowest BCUT2D eigenvalue weighted by molar-refractivity contribution is -0.276. The average Bonchev–Trinajstić information content (AvgIpc) is 2.17. The lowest BCUT2D eigenvalue weighted by Gasteiger charge is -2.12. The maximum atomic E-state index is 12.4. The molecule has 0 bridgehead atoms. The molecule has 0 atom stereocenters. The van der Waals surface area contributed by atoms with E-state index in [-0.39, 0.29) is 3.57 Å². The first-order valence-corrected chi connectivity index (χ1v) is 5.17. The fourth-order valence-electron chi connectivity index (χ4n) is 0.979. The molecule has 1 aromatic heterocycles. The van der Waals surface area contributed by atoms with Crippen molar-refractivity contribution in [3.05, 3.63) is 20.9 Å². The zero-order valence-electron chi connectivity index (χ0n) is 8.13. The number of alkyl halides is 5. The fraction of sp³-hybridized carbons (Fsp3) is 0.250. The number of carbonyl (C=O) groups is 1. The van der Waals surface area contributed by atoms with Gasteiger partial charge in [-0.05, 0) is 28.7 Å². The van der Waals surface area contributed by atoms with Gasteiger partial charge in [-0.1, -0.05) is 0 Å². The number of halogens is 6. The van der Waals surface area contributed by atoms with Crippen molar-refractivity contribution in [1.29, 1.82) is 0 Å². The van der Waals surface area contributed by atoms with Crippen molar-refractivity contribution in [1.82, 2.24) is 4.98 Å². The van der Waals surface area contributed by atoms with Gasteiger partial charge in [0.2, 0.25) is 5.88 Å². The third kappa shape index (κ3) is 3.65. The molecule has 100 valence electrons. The molecule has 0 radical (unpaired) electrons. The number of hydrogen-bond donors (Lipinski definition) is 1. The van der Waals surface area contributed by atoms with Crippen molar-refractivity contribution in [3.8, 4) is 5.88 Å². The lowest BCUT2D eigenvalue weighted by Crippen LogP contribution is -2.21. The molecule has 0 fully saturated rings. The van der Waals surface area contributed by atoms with Gasteiger partial charge in [-0.3, -0.25) is 0 Å².